The summed E-state index contributed by atoms with van der Waals surface area (Å²) in [4.78, 5) is 26.1. The SMILES string of the molecule is O=C(Cc1ncccn1)N1CC[C@@]2(O)[C@H]3Cc4ccc(O)c5c4[C@@]2(CCN3CC2CC2)[C@H](C1)O5. The van der Waals surface area contributed by atoms with Crippen LogP contribution in [0.1, 0.15) is 42.6 Å². The summed E-state index contributed by atoms with van der Waals surface area (Å²) in [7, 11) is 0. The van der Waals surface area contributed by atoms with E-state index in [1.54, 1.807) is 24.5 Å². The summed E-state index contributed by atoms with van der Waals surface area (Å²) in [6.45, 7) is 2.80. The Bertz CT molecular complexity index is 1150. The number of ether oxygens (including phenoxy) is 1. The number of phenols is 1. The van der Waals surface area contributed by atoms with Crippen LogP contribution in [0.5, 0.6) is 11.5 Å². The normalized spacial score (nSPS) is 33.7. The van der Waals surface area contributed by atoms with Crippen LogP contribution in [0.4, 0.5) is 0 Å². The van der Waals surface area contributed by atoms with Crippen molar-refractivity contribution in [3.63, 3.8) is 0 Å². The average molecular weight is 463 g/mol. The van der Waals surface area contributed by atoms with Crippen molar-refractivity contribution in [3.8, 4) is 11.5 Å². The van der Waals surface area contributed by atoms with E-state index in [2.05, 4.69) is 14.9 Å². The zero-order valence-electron chi connectivity index (χ0n) is 19.2. The largest absolute Gasteiger partial charge is 0.504 e. The summed E-state index contributed by atoms with van der Waals surface area (Å²) in [5.74, 6) is 1.81. The van der Waals surface area contributed by atoms with Gasteiger partial charge in [0.15, 0.2) is 11.5 Å². The number of aromatic hydroxyl groups is 1. The number of piperidine rings is 1. The lowest BCUT2D eigenvalue weighted by Crippen LogP contribution is -2.74. The summed E-state index contributed by atoms with van der Waals surface area (Å²) in [5.41, 5.74) is 0.526. The second-order valence-corrected chi connectivity index (χ2v) is 10.8. The summed E-state index contributed by atoms with van der Waals surface area (Å²) in [6, 6.07) is 5.45. The van der Waals surface area contributed by atoms with Crippen LogP contribution in [0.2, 0.25) is 0 Å². The number of hydrogen-bond donors (Lipinski definition) is 2. The van der Waals surface area contributed by atoms with E-state index in [-0.39, 0.29) is 24.1 Å². The molecule has 4 atom stereocenters. The van der Waals surface area contributed by atoms with E-state index in [1.807, 2.05) is 11.0 Å². The van der Waals surface area contributed by atoms with Gasteiger partial charge < -0.3 is 19.8 Å². The standard InChI is InChI=1S/C26H30N4O4/c31-18-5-4-17-12-19-26(33)7-11-30(22(32)13-21-27-8-1-9-28-21)15-20-25(26,23(17)24(18)34-20)6-10-29(19)14-16-2-3-16/h1,4-5,8-9,16,19-20,31,33H,2-3,6-7,10-15H2/t19-,20+,25-,26-/m1/s1. The summed E-state index contributed by atoms with van der Waals surface area (Å²) in [6.07, 6.45) is 7.58. The Kier molecular flexibility index (Phi) is 4.34. The van der Waals surface area contributed by atoms with Gasteiger partial charge in [-0.1, -0.05) is 6.07 Å². The van der Waals surface area contributed by atoms with Gasteiger partial charge in [0.2, 0.25) is 5.91 Å². The van der Waals surface area contributed by atoms with Crippen molar-refractivity contribution < 1.29 is 19.7 Å². The van der Waals surface area contributed by atoms with Crippen molar-refractivity contribution in [2.45, 2.75) is 61.7 Å². The fourth-order valence-corrected chi connectivity index (χ4v) is 7.30. The van der Waals surface area contributed by atoms with Gasteiger partial charge in [-0.2, -0.15) is 0 Å². The Morgan fingerprint density at radius 3 is 2.79 bits per heavy atom. The predicted octanol–water partition coefficient (Wildman–Crippen LogP) is 1.43. The molecule has 5 aliphatic rings. The highest BCUT2D eigenvalue weighted by atomic mass is 16.5. The molecule has 7 rings (SSSR count). The van der Waals surface area contributed by atoms with Gasteiger partial charge in [-0.3, -0.25) is 9.69 Å². The Balaban J connectivity index is 1.29. The number of aromatic nitrogens is 2. The highest BCUT2D eigenvalue weighted by Crippen LogP contribution is 2.63. The van der Waals surface area contributed by atoms with Gasteiger partial charge in [0, 0.05) is 37.1 Å². The minimum Gasteiger partial charge on any atom is -0.504 e. The first-order chi connectivity index (χ1) is 16.5. The van der Waals surface area contributed by atoms with E-state index in [0.717, 1.165) is 37.4 Å². The van der Waals surface area contributed by atoms with Crippen molar-refractivity contribution in [1.82, 2.24) is 19.8 Å². The molecular weight excluding hydrogens is 432 g/mol. The molecule has 2 N–H and O–H groups in total. The number of aliphatic hydroxyl groups is 1. The van der Waals surface area contributed by atoms with E-state index in [4.69, 9.17) is 4.74 Å². The van der Waals surface area contributed by atoms with Crippen LogP contribution in [-0.4, -0.2) is 79.8 Å². The lowest BCUT2D eigenvalue weighted by molar-refractivity contribution is -0.162. The van der Waals surface area contributed by atoms with Crippen LogP contribution >= 0.6 is 0 Å². The number of likely N-dealkylation sites (tertiary alicyclic amines) is 2. The molecular formula is C26H30N4O4. The number of amides is 1. The minimum atomic E-state index is -1.02. The Hall–Kier alpha value is -2.71. The zero-order chi connectivity index (χ0) is 23.1. The molecule has 178 valence electrons. The summed E-state index contributed by atoms with van der Waals surface area (Å²) >= 11 is 0. The zero-order valence-corrected chi connectivity index (χ0v) is 19.2. The quantitative estimate of drug-likeness (QED) is 0.709. The lowest BCUT2D eigenvalue weighted by Gasteiger charge is -2.60. The maximum Gasteiger partial charge on any atom is 0.230 e. The molecule has 0 unspecified atom stereocenters. The second-order valence-electron chi connectivity index (χ2n) is 10.8. The van der Waals surface area contributed by atoms with Gasteiger partial charge >= 0.3 is 0 Å². The number of rotatable bonds is 4. The Morgan fingerprint density at radius 2 is 2.00 bits per heavy atom. The fourth-order valence-electron chi connectivity index (χ4n) is 7.30. The maximum atomic E-state index is 13.3. The van der Waals surface area contributed by atoms with Crippen molar-refractivity contribution in [3.05, 3.63) is 47.5 Å². The first kappa shape index (κ1) is 20.6. The lowest BCUT2D eigenvalue weighted by atomic mass is 9.52. The van der Waals surface area contributed by atoms with Gasteiger partial charge in [0.05, 0.1) is 24.0 Å². The van der Waals surface area contributed by atoms with Crippen LogP contribution in [0.25, 0.3) is 0 Å². The molecule has 4 heterocycles. The molecule has 0 radical (unpaired) electrons. The van der Waals surface area contributed by atoms with Crippen molar-refractivity contribution in [2.24, 2.45) is 5.92 Å². The second kappa shape index (κ2) is 7.15. The van der Waals surface area contributed by atoms with Crippen molar-refractivity contribution >= 4 is 5.91 Å². The van der Waals surface area contributed by atoms with Gasteiger partial charge in [-0.25, -0.2) is 9.97 Å². The fraction of sp³-hybridized carbons (Fsp3) is 0.577. The summed E-state index contributed by atoms with van der Waals surface area (Å²) < 4.78 is 6.46. The summed E-state index contributed by atoms with van der Waals surface area (Å²) in [5, 5.41) is 23.3. The van der Waals surface area contributed by atoms with E-state index >= 15 is 0 Å². The topological polar surface area (TPSA) is 99.0 Å². The molecule has 1 saturated carbocycles. The third-order valence-electron chi connectivity index (χ3n) is 9.07. The third kappa shape index (κ3) is 2.75. The van der Waals surface area contributed by atoms with Crippen LogP contribution < -0.4 is 4.74 Å². The monoisotopic (exact) mass is 462 g/mol. The first-order valence-electron chi connectivity index (χ1n) is 12.5. The van der Waals surface area contributed by atoms with Gasteiger partial charge in [-0.15, -0.1) is 0 Å². The molecule has 1 aromatic heterocycles. The molecule has 8 nitrogen and oxygen atoms in total. The average Bonchev–Trinajstić information content (AvgIpc) is 3.60. The minimum absolute atomic E-state index is 0.0107. The number of benzene rings is 1. The molecule has 1 aromatic carbocycles. The van der Waals surface area contributed by atoms with Crippen LogP contribution in [0.3, 0.4) is 0 Å². The van der Waals surface area contributed by atoms with E-state index in [9.17, 15) is 15.0 Å². The molecule has 2 aliphatic carbocycles. The molecule has 3 aliphatic heterocycles. The van der Waals surface area contributed by atoms with Crippen LogP contribution in [0.15, 0.2) is 30.6 Å². The van der Waals surface area contributed by atoms with Crippen LogP contribution in [0, 0.1) is 5.92 Å². The molecule has 3 fully saturated rings. The Labute approximate surface area is 198 Å². The van der Waals surface area contributed by atoms with Crippen molar-refractivity contribution in [2.75, 3.05) is 26.2 Å². The number of nitrogens with zero attached hydrogens (tertiary/aromatic N) is 4. The van der Waals surface area contributed by atoms with Crippen LogP contribution in [-0.2, 0) is 23.1 Å². The highest BCUT2D eigenvalue weighted by molar-refractivity contribution is 5.78. The maximum absolute atomic E-state index is 13.3. The third-order valence-corrected chi connectivity index (χ3v) is 9.07. The van der Waals surface area contributed by atoms with E-state index in [0.29, 0.717) is 31.1 Å². The van der Waals surface area contributed by atoms with Gasteiger partial charge in [0.1, 0.15) is 11.9 Å². The molecule has 34 heavy (non-hydrogen) atoms. The first-order valence-corrected chi connectivity index (χ1v) is 12.5. The molecule has 8 heteroatoms. The van der Waals surface area contributed by atoms with Gasteiger partial charge in [-0.05, 0) is 62.3 Å². The molecule has 1 amide bonds. The van der Waals surface area contributed by atoms with E-state index < -0.39 is 17.1 Å². The smallest absolute Gasteiger partial charge is 0.230 e. The molecule has 2 aromatic rings. The number of hydrogen-bond acceptors (Lipinski definition) is 7. The molecule has 1 spiro atoms. The molecule has 2 saturated heterocycles. The highest BCUT2D eigenvalue weighted by Gasteiger charge is 2.71. The van der Waals surface area contributed by atoms with Gasteiger partial charge in [0.25, 0.3) is 0 Å². The number of carbonyl (C=O) groups is 1. The van der Waals surface area contributed by atoms with Crippen molar-refractivity contribution in [1.29, 1.82) is 0 Å². The predicted molar refractivity (Wildman–Crippen MR) is 122 cm³/mol. The number of phenolic OH excluding ortho intramolecular Hbond substituents is 1. The van der Waals surface area contributed by atoms with E-state index in [1.165, 1.54) is 18.4 Å². The number of carbonyl (C=O) groups excluding carboxylic acids is 1. The molecule has 2 bridgehead atoms. The Morgan fingerprint density at radius 1 is 1.18 bits per heavy atom.